The zero-order valence-electron chi connectivity index (χ0n) is 35.3. The molecule has 0 aliphatic carbocycles. The summed E-state index contributed by atoms with van der Waals surface area (Å²) in [5.41, 5.74) is 6.43. The molecule has 0 unspecified atom stereocenters. The lowest BCUT2D eigenvalue weighted by atomic mass is 9.38. The molecule has 0 spiro atoms. The third-order valence-electron chi connectivity index (χ3n) is 12.7. The van der Waals surface area contributed by atoms with Crippen molar-refractivity contribution in [3.8, 4) is 45.3 Å². The highest BCUT2D eigenvalue weighted by molar-refractivity contribution is 7.24. The predicted molar refractivity (Wildman–Crippen MR) is 268 cm³/mol. The third-order valence-corrected chi connectivity index (χ3v) is 13.8. The number of ether oxygens (including phenoxy) is 1. The van der Waals surface area contributed by atoms with E-state index in [0.29, 0.717) is 54.5 Å². The zero-order valence-corrected chi connectivity index (χ0v) is 36.1. The number of thiazole rings is 1. The molecule has 5 aromatic carbocycles. The van der Waals surface area contributed by atoms with Crippen molar-refractivity contribution in [1.82, 2.24) is 19.4 Å². The molecule has 1 aliphatic heterocycles. The Morgan fingerprint density at radius 2 is 1.16 bits per heavy atom. The number of benzene rings is 5. The van der Waals surface area contributed by atoms with Crippen LogP contribution in [0, 0.1) is 0 Å². The van der Waals surface area contributed by atoms with Gasteiger partial charge >= 0.3 is 0 Å². The van der Waals surface area contributed by atoms with E-state index >= 15 is 0 Å². The quantitative estimate of drug-likeness (QED) is 0.205. The molecule has 0 saturated heterocycles. The number of imidazole rings is 1. The normalized spacial score (nSPS) is 15.2. The van der Waals surface area contributed by atoms with Gasteiger partial charge in [-0.15, -0.1) is 20.5 Å². The highest BCUT2D eigenvalue weighted by atomic mass is 32.1. The number of hydrogen-bond acceptors (Lipinski definition) is 5. The van der Waals surface area contributed by atoms with Crippen LogP contribution in [0.4, 0.5) is 0 Å². The van der Waals surface area contributed by atoms with Crippen molar-refractivity contribution >= 4 is 132 Å². The molecule has 5 nitrogen and oxygen atoms in total. The molecule has 1 aliphatic rings. The Hall–Kier alpha value is -4.55. The summed E-state index contributed by atoms with van der Waals surface area (Å²) >= 11 is 1.39. The molecular formula is C45H28B12N4OS. The molecule has 9 rings (SSSR count). The Balaban J connectivity index is 1.36. The van der Waals surface area contributed by atoms with Crippen molar-refractivity contribution in [3.05, 3.63) is 131 Å². The molecular weight excluding hydrogens is 774 g/mol. The van der Waals surface area contributed by atoms with Crippen LogP contribution in [-0.4, -0.2) is 114 Å². The Morgan fingerprint density at radius 3 is 1.84 bits per heavy atom. The van der Waals surface area contributed by atoms with Crippen LogP contribution in [0.25, 0.3) is 60.0 Å². The van der Waals surface area contributed by atoms with Crippen LogP contribution >= 0.6 is 11.3 Å². The molecule has 63 heavy (non-hydrogen) atoms. The average Bonchev–Trinajstić information content (AvgIpc) is 3.73. The fourth-order valence-electron chi connectivity index (χ4n) is 8.81. The van der Waals surface area contributed by atoms with E-state index in [4.69, 9.17) is 114 Å². The summed E-state index contributed by atoms with van der Waals surface area (Å²) in [5, 5.41) is -7.63. The Bertz CT molecular complexity index is 3170. The van der Waals surface area contributed by atoms with Gasteiger partial charge in [0.1, 0.15) is 11.5 Å². The number of nitrogens with zero attached hydrogens (tertiary/aromatic N) is 4. The van der Waals surface area contributed by atoms with Crippen LogP contribution in [0.15, 0.2) is 97.2 Å². The first kappa shape index (κ1) is 43.7. The summed E-state index contributed by atoms with van der Waals surface area (Å²) in [6.07, 6.45) is 1.43. The SMILES string of the molecule is [B]C([B])([B])c1ccc(-c2c(C([B])([B])[B])ccc3c2Oc2ccccc2C(C)(C)C3(C)C)cc1-c1nc(-c2c(C([B])([B])[B])ccc3c2sc2nc4ccccc4n23)ncc1C([B])([B])[B]. The van der Waals surface area contributed by atoms with Gasteiger partial charge in [-0.25, -0.2) is 15.0 Å². The summed E-state index contributed by atoms with van der Waals surface area (Å²) in [5.74, 6) is 1.29. The van der Waals surface area contributed by atoms with Crippen LogP contribution in [-0.2, 0) is 31.3 Å². The summed E-state index contributed by atoms with van der Waals surface area (Å²) in [6.45, 7) is 8.71. The number of fused-ring (bicyclic) bond motifs is 7. The van der Waals surface area contributed by atoms with E-state index in [9.17, 15) is 0 Å². The van der Waals surface area contributed by atoms with Gasteiger partial charge in [-0.05, 0) is 41.5 Å². The molecule has 8 aromatic rings. The molecule has 0 N–H and O–H groups in total. The topological polar surface area (TPSA) is 52.3 Å². The largest absolute Gasteiger partial charge is 0.456 e. The van der Waals surface area contributed by atoms with E-state index < -0.39 is 31.3 Å². The van der Waals surface area contributed by atoms with Crippen LogP contribution in [0.1, 0.15) is 61.1 Å². The van der Waals surface area contributed by atoms with Crippen molar-refractivity contribution in [1.29, 1.82) is 0 Å². The lowest BCUT2D eigenvalue weighted by Crippen LogP contribution is -2.39. The van der Waals surface area contributed by atoms with Crippen molar-refractivity contribution < 1.29 is 4.74 Å². The van der Waals surface area contributed by atoms with Gasteiger partial charge in [0.25, 0.3) is 0 Å². The maximum atomic E-state index is 6.96. The van der Waals surface area contributed by atoms with Gasteiger partial charge in [-0.2, -0.15) is 0 Å². The Morgan fingerprint density at radius 1 is 0.571 bits per heavy atom. The van der Waals surface area contributed by atoms with Gasteiger partial charge in [-0.1, -0.05) is 116 Å². The molecule has 0 fully saturated rings. The lowest BCUT2D eigenvalue weighted by Gasteiger charge is -2.42. The first-order chi connectivity index (χ1) is 29.3. The predicted octanol–water partition coefficient (Wildman–Crippen LogP) is 5.32. The van der Waals surface area contributed by atoms with E-state index in [1.54, 1.807) is 24.3 Å². The number of aromatic nitrogens is 4. The molecule has 0 saturated carbocycles. The summed E-state index contributed by atoms with van der Waals surface area (Å²) in [7, 11) is 78.3. The second-order valence-corrected chi connectivity index (χ2v) is 18.8. The van der Waals surface area contributed by atoms with Gasteiger partial charge in [0.15, 0.2) is 10.8 Å². The van der Waals surface area contributed by atoms with Crippen molar-refractivity contribution in [2.45, 2.75) is 59.0 Å². The van der Waals surface area contributed by atoms with Crippen LogP contribution in [0.3, 0.4) is 0 Å². The van der Waals surface area contributed by atoms with E-state index in [1.807, 2.05) is 65.1 Å². The number of rotatable bonds is 7. The standard InChI is InChI=1S/C45H28B12N4OS/c1-40(2)24-9-5-8-12-32(24)62-36-27(41(40,3)4)16-15-25(43(49,50)51)33(36)21-13-14-23(42(46,47)48)22(19-21)35-28(45(55,56)57)20-58-38(60-35)34-26(44(52,53)54)17-18-31-37(34)63-39-59-29-10-6-7-11-30(29)61(31)39/h5-20H,1-4H3. The molecule has 24 radical (unpaired) electrons. The monoisotopic (exact) mass is 804 g/mol. The van der Waals surface area contributed by atoms with E-state index in [0.717, 1.165) is 27.7 Å². The average molecular weight is 803 g/mol. The lowest BCUT2D eigenvalue weighted by molar-refractivity contribution is 0.306. The number of hydrogen-bond donors (Lipinski definition) is 0. The third kappa shape index (κ3) is 7.04. The minimum absolute atomic E-state index is 0.111. The van der Waals surface area contributed by atoms with Crippen LogP contribution in [0.2, 0.25) is 0 Å². The van der Waals surface area contributed by atoms with E-state index in [1.165, 1.54) is 17.5 Å². The fourth-order valence-corrected chi connectivity index (χ4v) is 9.99. The molecule has 18 heteroatoms. The minimum atomic E-state index is -2.00. The first-order valence-corrected chi connectivity index (χ1v) is 20.9. The molecule has 0 bridgehead atoms. The number of para-hydroxylation sites is 3. The van der Waals surface area contributed by atoms with E-state index in [2.05, 4.69) is 33.8 Å². The van der Waals surface area contributed by atoms with Crippen molar-refractivity contribution in [2.75, 3.05) is 0 Å². The molecule has 276 valence electrons. The molecule has 0 amide bonds. The first-order valence-electron chi connectivity index (χ1n) is 20.1. The minimum Gasteiger partial charge on any atom is -0.456 e. The van der Waals surface area contributed by atoms with Gasteiger partial charge in [0.05, 0.1) is 121 Å². The summed E-state index contributed by atoms with van der Waals surface area (Å²) in [6, 6.07) is 28.4. The summed E-state index contributed by atoms with van der Waals surface area (Å²) < 4.78 is 9.70. The van der Waals surface area contributed by atoms with Crippen LogP contribution in [0.5, 0.6) is 11.5 Å². The van der Waals surface area contributed by atoms with Crippen molar-refractivity contribution in [2.24, 2.45) is 0 Å². The second kappa shape index (κ2) is 14.5. The second-order valence-electron chi connectivity index (χ2n) is 17.8. The highest BCUT2D eigenvalue weighted by Crippen LogP contribution is 2.56. The zero-order chi connectivity index (χ0) is 45.4. The smallest absolute Gasteiger partial charge is 0.195 e. The Kier molecular flexibility index (Phi) is 10.0. The maximum Gasteiger partial charge on any atom is 0.195 e. The Labute approximate surface area is 388 Å². The highest BCUT2D eigenvalue weighted by Gasteiger charge is 2.46. The molecule has 0 atom stereocenters. The fraction of sp³-hybridized carbons (Fsp3) is 0.222. The van der Waals surface area contributed by atoms with Gasteiger partial charge in [0.2, 0.25) is 0 Å². The van der Waals surface area contributed by atoms with E-state index in [-0.39, 0.29) is 22.6 Å². The maximum absolute atomic E-state index is 6.96. The van der Waals surface area contributed by atoms with Gasteiger partial charge in [0, 0.05) is 44.8 Å². The molecule has 3 aromatic heterocycles. The van der Waals surface area contributed by atoms with Gasteiger partial charge in [-0.3, -0.25) is 4.40 Å². The van der Waals surface area contributed by atoms with Gasteiger partial charge < -0.3 is 4.74 Å². The van der Waals surface area contributed by atoms with Crippen molar-refractivity contribution in [3.63, 3.8) is 0 Å². The molecule has 4 heterocycles. The van der Waals surface area contributed by atoms with Crippen LogP contribution < -0.4 is 4.74 Å². The summed E-state index contributed by atoms with van der Waals surface area (Å²) in [4.78, 5) is 15.5.